The third kappa shape index (κ3) is 3.66. The summed E-state index contributed by atoms with van der Waals surface area (Å²) >= 11 is 0. The number of aromatic amines is 1. The molecule has 148 valence electrons. The van der Waals surface area contributed by atoms with Gasteiger partial charge in [0.2, 0.25) is 16.0 Å². The van der Waals surface area contributed by atoms with E-state index in [-0.39, 0.29) is 10.9 Å². The van der Waals surface area contributed by atoms with E-state index in [1.165, 1.54) is 12.1 Å². The molecule has 10 heteroatoms. The number of sulfonamides is 1. The molecule has 0 radical (unpaired) electrons. The Morgan fingerprint density at radius 1 is 1.36 bits per heavy atom. The topological polar surface area (TPSA) is 126 Å². The summed E-state index contributed by atoms with van der Waals surface area (Å²) in [6.45, 7) is 1.53. The Hall–Kier alpha value is -2.69. The van der Waals surface area contributed by atoms with E-state index in [0.29, 0.717) is 23.9 Å². The highest BCUT2D eigenvalue weighted by molar-refractivity contribution is 7.89. The Morgan fingerprint density at radius 2 is 2.21 bits per heavy atom. The van der Waals surface area contributed by atoms with Crippen molar-refractivity contribution in [1.82, 2.24) is 15.0 Å². The summed E-state index contributed by atoms with van der Waals surface area (Å²) in [5.41, 5.74) is 1.25. The average molecular weight is 402 g/mol. The zero-order chi connectivity index (χ0) is 19.7. The largest absolute Gasteiger partial charge is 0.383 e. The van der Waals surface area contributed by atoms with Crippen molar-refractivity contribution in [2.24, 2.45) is 5.14 Å². The van der Waals surface area contributed by atoms with Gasteiger partial charge in [0.15, 0.2) is 0 Å². The second-order valence-corrected chi connectivity index (χ2v) is 8.31. The maximum atomic E-state index is 11.6. The summed E-state index contributed by atoms with van der Waals surface area (Å²) in [5.74, 6) is 1.20. The molecule has 1 aliphatic rings. The highest BCUT2D eigenvalue weighted by Gasteiger charge is 2.28. The molecule has 28 heavy (non-hydrogen) atoms. The van der Waals surface area contributed by atoms with E-state index in [0.717, 1.165) is 30.6 Å². The number of benzene rings is 1. The summed E-state index contributed by atoms with van der Waals surface area (Å²) in [6, 6.07) is 8.47. The van der Waals surface area contributed by atoms with Crippen LogP contribution in [0.4, 0.5) is 17.5 Å². The van der Waals surface area contributed by atoms with E-state index in [2.05, 4.69) is 20.2 Å². The van der Waals surface area contributed by atoms with Gasteiger partial charge in [-0.1, -0.05) is 6.07 Å². The number of rotatable bonds is 6. The standard InChI is InChI=1S/C18H22N6O3S/c1-27-11-13-5-3-9-24(13)17-15-7-8-20-16(15)22-18(23-17)21-12-4-2-6-14(10-12)28(19,25)26/h2,4,6-8,10,13H,3,5,9,11H2,1H3,(H2,19,25,26)(H2,20,21,22,23). The van der Waals surface area contributed by atoms with Gasteiger partial charge in [-0.2, -0.15) is 9.97 Å². The molecule has 2 aromatic heterocycles. The van der Waals surface area contributed by atoms with Crippen molar-refractivity contribution in [3.63, 3.8) is 0 Å². The Balaban J connectivity index is 1.71. The predicted molar refractivity (Wildman–Crippen MR) is 107 cm³/mol. The minimum Gasteiger partial charge on any atom is -0.383 e. The van der Waals surface area contributed by atoms with Crippen molar-refractivity contribution >= 4 is 38.5 Å². The van der Waals surface area contributed by atoms with E-state index in [9.17, 15) is 8.42 Å². The number of nitrogens with one attached hydrogen (secondary N) is 2. The second kappa shape index (κ2) is 7.38. The summed E-state index contributed by atoms with van der Waals surface area (Å²) in [4.78, 5) is 14.6. The van der Waals surface area contributed by atoms with E-state index in [1.54, 1.807) is 19.2 Å². The number of primary sulfonamides is 1. The van der Waals surface area contributed by atoms with Crippen LogP contribution >= 0.6 is 0 Å². The first-order valence-electron chi connectivity index (χ1n) is 8.96. The second-order valence-electron chi connectivity index (χ2n) is 6.75. The molecule has 1 aromatic carbocycles. The smallest absolute Gasteiger partial charge is 0.238 e. The van der Waals surface area contributed by atoms with Crippen LogP contribution in [-0.4, -0.2) is 49.7 Å². The first-order valence-corrected chi connectivity index (χ1v) is 10.5. The van der Waals surface area contributed by atoms with Gasteiger partial charge in [0.1, 0.15) is 11.5 Å². The molecule has 1 unspecified atom stereocenters. The lowest BCUT2D eigenvalue weighted by atomic mass is 10.2. The number of ether oxygens (including phenoxy) is 1. The first kappa shape index (κ1) is 18.7. The van der Waals surface area contributed by atoms with E-state index in [4.69, 9.17) is 14.9 Å². The number of fused-ring (bicyclic) bond motifs is 1. The predicted octanol–water partition coefficient (Wildman–Crippen LogP) is 1.96. The zero-order valence-electron chi connectivity index (χ0n) is 15.4. The fraction of sp³-hybridized carbons (Fsp3) is 0.333. The van der Waals surface area contributed by atoms with Crippen LogP contribution < -0.4 is 15.4 Å². The lowest BCUT2D eigenvalue weighted by Gasteiger charge is -2.26. The molecule has 3 heterocycles. The van der Waals surface area contributed by atoms with E-state index < -0.39 is 10.0 Å². The van der Waals surface area contributed by atoms with Crippen LogP contribution in [0.15, 0.2) is 41.4 Å². The number of nitrogens with zero attached hydrogens (tertiary/aromatic N) is 3. The number of methoxy groups -OCH3 is 1. The highest BCUT2D eigenvalue weighted by atomic mass is 32.2. The molecule has 0 bridgehead atoms. The molecule has 0 aliphatic carbocycles. The van der Waals surface area contributed by atoms with Gasteiger partial charge in [-0.25, -0.2) is 13.6 Å². The third-order valence-corrected chi connectivity index (χ3v) is 5.73. The van der Waals surface area contributed by atoms with Gasteiger partial charge in [-0.3, -0.25) is 0 Å². The molecule has 1 fully saturated rings. The Kier molecular flexibility index (Phi) is 4.92. The molecule has 3 aromatic rings. The zero-order valence-corrected chi connectivity index (χ0v) is 16.2. The molecule has 4 rings (SSSR count). The van der Waals surface area contributed by atoms with Gasteiger partial charge in [-0.15, -0.1) is 0 Å². The molecular formula is C18H22N6O3S. The summed E-state index contributed by atoms with van der Waals surface area (Å²) in [5, 5.41) is 9.25. The SMILES string of the molecule is COCC1CCCN1c1nc(Nc2cccc(S(N)(=O)=O)c2)nc2[nH]ccc12. The number of hydrogen-bond acceptors (Lipinski definition) is 7. The monoisotopic (exact) mass is 402 g/mol. The normalized spacial score (nSPS) is 17.4. The van der Waals surface area contributed by atoms with Crippen molar-refractivity contribution in [1.29, 1.82) is 0 Å². The summed E-state index contributed by atoms with van der Waals surface area (Å²) in [7, 11) is -2.09. The number of anilines is 3. The fourth-order valence-corrected chi connectivity index (χ4v) is 4.12. The third-order valence-electron chi connectivity index (χ3n) is 4.82. The van der Waals surface area contributed by atoms with Crippen LogP contribution in [0.3, 0.4) is 0 Å². The minimum absolute atomic E-state index is 0.0263. The summed E-state index contributed by atoms with van der Waals surface area (Å²) in [6.07, 6.45) is 3.95. The number of nitrogens with two attached hydrogens (primary N) is 1. The molecule has 9 nitrogen and oxygen atoms in total. The number of aromatic nitrogens is 3. The van der Waals surface area contributed by atoms with Crippen LogP contribution in [0, 0.1) is 0 Å². The van der Waals surface area contributed by atoms with Crippen molar-refractivity contribution in [2.45, 2.75) is 23.8 Å². The van der Waals surface area contributed by atoms with Crippen molar-refractivity contribution in [3.8, 4) is 0 Å². The lowest BCUT2D eigenvalue weighted by Crippen LogP contribution is -2.33. The van der Waals surface area contributed by atoms with Crippen molar-refractivity contribution < 1.29 is 13.2 Å². The van der Waals surface area contributed by atoms with E-state index >= 15 is 0 Å². The molecule has 0 spiro atoms. The first-order chi connectivity index (χ1) is 13.5. The average Bonchev–Trinajstić information content (AvgIpc) is 3.30. The molecule has 1 aliphatic heterocycles. The number of H-pyrrole nitrogens is 1. The van der Waals surface area contributed by atoms with Crippen molar-refractivity contribution in [3.05, 3.63) is 36.5 Å². The van der Waals surface area contributed by atoms with Gasteiger partial charge in [0, 0.05) is 25.5 Å². The summed E-state index contributed by atoms with van der Waals surface area (Å²) < 4.78 is 28.6. The van der Waals surface area contributed by atoms with Crippen LogP contribution in [0.2, 0.25) is 0 Å². The number of hydrogen-bond donors (Lipinski definition) is 3. The molecule has 1 saturated heterocycles. The molecule has 0 amide bonds. The van der Waals surface area contributed by atoms with Gasteiger partial charge in [-0.05, 0) is 37.1 Å². The lowest BCUT2D eigenvalue weighted by molar-refractivity contribution is 0.180. The van der Waals surface area contributed by atoms with E-state index in [1.807, 2.05) is 12.3 Å². The quantitative estimate of drug-likeness (QED) is 0.575. The van der Waals surface area contributed by atoms with Gasteiger partial charge in [0.25, 0.3) is 0 Å². The highest BCUT2D eigenvalue weighted by Crippen LogP contribution is 2.31. The Labute approximate surface area is 163 Å². The molecule has 1 atom stereocenters. The Morgan fingerprint density at radius 3 is 3.00 bits per heavy atom. The van der Waals surface area contributed by atoms with Crippen LogP contribution in [0.5, 0.6) is 0 Å². The molecule has 4 N–H and O–H groups in total. The molecular weight excluding hydrogens is 380 g/mol. The van der Waals surface area contributed by atoms with Gasteiger partial charge in [0.05, 0.1) is 22.9 Å². The van der Waals surface area contributed by atoms with Gasteiger partial charge >= 0.3 is 0 Å². The van der Waals surface area contributed by atoms with Crippen LogP contribution in [0.1, 0.15) is 12.8 Å². The maximum Gasteiger partial charge on any atom is 0.238 e. The molecule has 0 saturated carbocycles. The Bertz CT molecular complexity index is 1100. The maximum absolute atomic E-state index is 11.6. The van der Waals surface area contributed by atoms with Crippen LogP contribution in [-0.2, 0) is 14.8 Å². The van der Waals surface area contributed by atoms with Crippen molar-refractivity contribution in [2.75, 3.05) is 30.5 Å². The fourth-order valence-electron chi connectivity index (χ4n) is 3.56. The minimum atomic E-state index is -3.79. The van der Waals surface area contributed by atoms with Gasteiger partial charge < -0.3 is 19.9 Å². The van der Waals surface area contributed by atoms with Crippen LogP contribution in [0.25, 0.3) is 11.0 Å².